The normalized spacial score (nSPS) is 30.5. The van der Waals surface area contributed by atoms with Crippen LogP contribution in [0.1, 0.15) is 39.5 Å². The zero-order chi connectivity index (χ0) is 10.9. The second-order valence-corrected chi connectivity index (χ2v) is 5.45. The summed E-state index contributed by atoms with van der Waals surface area (Å²) in [6.07, 6.45) is 4.53. The monoisotopic (exact) mass is 210 g/mol. The van der Waals surface area contributed by atoms with Crippen LogP contribution in [0.2, 0.25) is 0 Å². The van der Waals surface area contributed by atoms with Crippen molar-refractivity contribution in [2.24, 2.45) is 5.92 Å². The third-order valence-electron chi connectivity index (χ3n) is 3.81. The van der Waals surface area contributed by atoms with E-state index < -0.39 is 0 Å². The van der Waals surface area contributed by atoms with Crippen LogP contribution in [0, 0.1) is 5.92 Å². The molecule has 1 N–H and O–H groups in total. The number of amides is 1. The Hall–Kier alpha value is -0.570. The fourth-order valence-electron chi connectivity index (χ4n) is 2.80. The van der Waals surface area contributed by atoms with Gasteiger partial charge in [-0.05, 0) is 46.1 Å². The standard InChI is InChI=1S/C12H22N2O/c1-12(2)6-4-8-14(12)11(15)10-5-3-7-13-9-10/h10,13H,3-9H2,1-2H3. The van der Waals surface area contributed by atoms with E-state index in [-0.39, 0.29) is 11.5 Å². The Balaban J connectivity index is 2.00. The highest BCUT2D eigenvalue weighted by Gasteiger charge is 2.38. The molecule has 2 saturated heterocycles. The van der Waals surface area contributed by atoms with Crippen molar-refractivity contribution >= 4 is 5.91 Å². The molecule has 1 amide bonds. The van der Waals surface area contributed by atoms with Gasteiger partial charge in [0.1, 0.15) is 0 Å². The Labute approximate surface area is 92.2 Å². The molecular formula is C12H22N2O. The lowest BCUT2D eigenvalue weighted by Crippen LogP contribution is -2.48. The Bertz CT molecular complexity index is 244. The van der Waals surface area contributed by atoms with Crippen molar-refractivity contribution in [1.29, 1.82) is 0 Å². The molecule has 0 radical (unpaired) electrons. The number of nitrogens with one attached hydrogen (secondary N) is 1. The molecule has 0 spiro atoms. The van der Waals surface area contributed by atoms with Crippen molar-refractivity contribution in [2.45, 2.75) is 45.1 Å². The largest absolute Gasteiger partial charge is 0.337 e. The van der Waals surface area contributed by atoms with Crippen LogP contribution >= 0.6 is 0 Å². The molecule has 0 saturated carbocycles. The molecule has 15 heavy (non-hydrogen) atoms. The molecule has 3 nitrogen and oxygen atoms in total. The van der Waals surface area contributed by atoms with E-state index in [4.69, 9.17) is 0 Å². The van der Waals surface area contributed by atoms with Gasteiger partial charge in [-0.25, -0.2) is 0 Å². The molecule has 1 atom stereocenters. The predicted octanol–water partition coefficient (Wildman–Crippen LogP) is 1.39. The topological polar surface area (TPSA) is 32.3 Å². The summed E-state index contributed by atoms with van der Waals surface area (Å²) in [6.45, 7) is 7.29. The van der Waals surface area contributed by atoms with Gasteiger partial charge in [-0.15, -0.1) is 0 Å². The van der Waals surface area contributed by atoms with Crippen LogP contribution in [0.4, 0.5) is 0 Å². The van der Waals surface area contributed by atoms with Crippen molar-refractivity contribution in [2.75, 3.05) is 19.6 Å². The summed E-state index contributed by atoms with van der Waals surface area (Å²) in [5.74, 6) is 0.612. The first-order valence-corrected chi connectivity index (χ1v) is 6.13. The Kier molecular flexibility index (Phi) is 3.01. The lowest BCUT2D eigenvalue weighted by atomic mass is 9.95. The van der Waals surface area contributed by atoms with Crippen molar-refractivity contribution in [3.8, 4) is 0 Å². The summed E-state index contributed by atoms with van der Waals surface area (Å²) in [7, 11) is 0. The van der Waals surface area contributed by atoms with Gasteiger partial charge in [0.05, 0.1) is 5.92 Å². The van der Waals surface area contributed by atoms with Crippen molar-refractivity contribution < 1.29 is 4.79 Å². The summed E-state index contributed by atoms with van der Waals surface area (Å²) in [4.78, 5) is 14.4. The fourth-order valence-corrected chi connectivity index (χ4v) is 2.80. The van der Waals surface area contributed by atoms with E-state index >= 15 is 0 Å². The van der Waals surface area contributed by atoms with E-state index in [1.54, 1.807) is 0 Å². The second-order valence-electron chi connectivity index (χ2n) is 5.45. The van der Waals surface area contributed by atoms with Crippen LogP contribution in [-0.4, -0.2) is 36.0 Å². The van der Waals surface area contributed by atoms with Crippen molar-refractivity contribution in [3.63, 3.8) is 0 Å². The molecule has 0 aromatic carbocycles. The van der Waals surface area contributed by atoms with Gasteiger partial charge in [-0.1, -0.05) is 0 Å². The van der Waals surface area contributed by atoms with Crippen LogP contribution in [0.25, 0.3) is 0 Å². The Morgan fingerprint density at radius 2 is 2.20 bits per heavy atom. The lowest BCUT2D eigenvalue weighted by molar-refractivity contribution is -0.139. The maximum atomic E-state index is 12.3. The molecule has 2 aliphatic heterocycles. The van der Waals surface area contributed by atoms with Gasteiger partial charge >= 0.3 is 0 Å². The molecule has 86 valence electrons. The molecule has 2 aliphatic rings. The third-order valence-corrected chi connectivity index (χ3v) is 3.81. The molecule has 0 aromatic rings. The number of carbonyl (C=O) groups excluding carboxylic acids is 1. The van der Waals surface area contributed by atoms with Crippen molar-refractivity contribution in [3.05, 3.63) is 0 Å². The van der Waals surface area contributed by atoms with Crippen LogP contribution in [0.5, 0.6) is 0 Å². The van der Waals surface area contributed by atoms with Gasteiger partial charge in [0, 0.05) is 18.6 Å². The van der Waals surface area contributed by atoms with E-state index in [2.05, 4.69) is 24.1 Å². The summed E-state index contributed by atoms with van der Waals surface area (Å²) in [5, 5.41) is 3.32. The molecule has 3 heteroatoms. The predicted molar refractivity (Wildman–Crippen MR) is 60.6 cm³/mol. The second kappa shape index (κ2) is 4.12. The summed E-state index contributed by atoms with van der Waals surface area (Å²) in [6, 6.07) is 0. The zero-order valence-corrected chi connectivity index (χ0v) is 9.88. The first-order valence-electron chi connectivity index (χ1n) is 6.13. The molecule has 0 aromatic heterocycles. The number of nitrogens with zero attached hydrogens (tertiary/aromatic N) is 1. The first kappa shape index (κ1) is 10.9. The van der Waals surface area contributed by atoms with E-state index in [1.165, 1.54) is 6.42 Å². The van der Waals surface area contributed by atoms with Gasteiger partial charge in [0.25, 0.3) is 0 Å². The number of hydrogen-bond acceptors (Lipinski definition) is 2. The molecule has 2 fully saturated rings. The third kappa shape index (κ3) is 2.17. The number of hydrogen-bond donors (Lipinski definition) is 1. The van der Waals surface area contributed by atoms with E-state index in [9.17, 15) is 4.79 Å². The Morgan fingerprint density at radius 3 is 2.73 bits per heavy atom. The van der Waals surface area contributed by atoms with E-state index in [0.717, 1.165) is 38.9 Å². The first-order chi connectivity index (χ1) is 7.11. The average molecular weight is 210 g/mol. The fraction of sp³-hybridized carbons (Fsp3) is 0.917. The van der Waals surface area contributed by atoms with Crippen molar-refractivity contribution in [1.82, 2.24) is 10.2 Å². The molecule has 1 unspecified atom stereocenters. The molecule has 0 aliphatic carbocycles. The number of likely N-dealkylation sites (tertiary alicyclic amines) is 1. The van der Waals surface area contributed by atoms with E-state index in [1.807, 2.05) is 0 Å². The zero-order valence-electron chi connectivity index (χ0n) is 9.88. The highest BCUT2D eigenvalue weighted by atomic mass is 16.2. The average Bonchev–Trinajstić information content (AvgIpc) is 2.58. The van der Waals surface area contributed by atoms with Crippen LogP contribution in [-0.2, 0) is 4.79 Å². The maximum absolute atomic E-state index is 12.3. The van der Waals surface area contributed by atoms with Gasteiger partial charge in [-0.2, -0.15) is 0 Å². The molecule has 2 rings (SSSR count). The van der Waals surface area contributed by atoms with Gasteiger partial charge in [-0.3, -0.25) is 4.79 Å². The highest BCUT2D eigenvalue weighted by Crippen LogP contribution is 2.30. The highest BCUT2D eigenvalue weighted by molar-refractivity contribution is 5.80. The smallest absolute Gasteiger partial charge is 0.227 e. The summed E-state index contributed by atoms with van der Waals surface area (Å²) < 4.78 is 0. The van der Waals surface area contributed by atoms with Crippen LogP contribution in [0.15, 0.2) is 0 Å². The quantitative estimate of drug-likeness (QED) is 0.709. The molecular weight excluding hydrogens is 188 g/mol. The minimum absolute atomic E-state index is 0.0918. The Morgan fingerprint density at radius 1 is 1.40 bits per heavy atom. The lowest BCUT2D eigenvalue weighted by Gasteiger charge is -2.35. The maximum Gasteiger partial charge on any atom is 0.227 e. The van der Waals surface area contributed by atoms with Gasteiger partial charge in [0.2, 0.25) is 5.91 Å². The minimum Gasteiger partial charge on any atom is -0.337 e. The van der Waals surface area contributed by atoms with Gasteiger partial charge in [0.15, 0.2) is 0 Å². The molecule has 2 heterocycles. The number of piperidine rings is 1. The SMILES string of the molecule is CC1(C)CCCN1C(=O)C1CCCNC1. The summed E-state index contributed by atoms with van der Waals surface area (Å²) >= 11 is 0. The number of carbonyl (C=O) groups is 1. The van der Waals surface area contributed by atoms with Crippen LogP contribution < -0.4 is 5.32 Å². The molecule has 0 bridgehead atoms. The number of rotatable bonds is 1. The van der Waals surface area contributed by atoms with Crippen LogP contribution in [0.3, 0.4) is 0 Å². The van der Waals surface area contributed by atoms with E-state index in [0.29, 0.717) is 5.91 Å². The summed E-state index contributed by atoms with van der Waals surface area (Å²) in [5.41, 5.74) is 0.0918. The van der Waals surface area contributed by atoms with Gasteiger partial charge < -0.3 is 10.2 Å². The minimum atomic E-state index is 0.0918.